The highest BCUT2D eigenvalue weighted by atomic mass is 16.3. The Morgan fingerprint density at radius 1 is 1.80 bits per heavy atom. The molecule has 0 aliphatic heterocycles. The van der Waals surface area contributed by atoms with Crippen molar-refractivity contribution < 1.29 is 9.52 Å². The van der Waals surface area contributed by atoms with E-state index in [1.165, 1.54) is 0 Å². The third-order valence-electron chi connectivity index (χ3n) is 1.21. The van der Waals surface area contributed by atoms with Crippen molar-refractivity contribution in [2.24, 2.45) is 0 Å². The summed E-state index contributed by atoms with van der Waals surface area (Å²) in [6, 6.07) is 1.85. The lowest BCUT2D eigenvalue weighted by atomic mass is 10.2. The first-order valence-corrected chi connectivity index (χ1v) is 3.13. The zero-order valence-electron chi connectivity index (χ0n) is 5.87. The number of hydrogen-bond acceptors (Lipinski definition) is 2. The first-order valence-electron chi connectivity index (χ1n) is 3.13. The van der Waals surface area contributed by atoms with Gasteiger partial charge in [0, 0.05) is 5.56 Å². The van der Waals surface area contributed by atoms with E-state index in [0.717, 1.165) is 11.1 Å². The van der Waals surface area contributed by atoms with Crippen molar-refractivity contribution in [2.45, 2.75) is 6.92 Å². The zero-order chi connectivity index (χ0) is 7.40. The monoisotopic (exact) mass is 138 g/mol. The molecule has 54 valence electrons. The van der Waals surface area contributed by atoms with E-state index in [4.69, 9.17) is 9.52 Å². The fourth-order valence-corrected chi connectivity index (χ4v) is 0.687. The summed E-state index contributed by atoms with van der Waals surface area (Å²) in [4.78, 5) is 0. The molecule has 0 amide bonds. The van der Waals surface area contributed by atoms with Crippen LogP contribution in [0.25, 0.3) is 6.08 Å². The van der Waals surface area contributed by atoms with Crippen LogP contribution in [0.1, 0.15) is 12.5 Å². The second-order valence-corrected chi connectivity index (χ2v) is 2.21. The highest BCUT2D eigenvalue weighted by molar-refractivity contribution is 5.50. The average molecular weight is 138 g/mol. The lowest BCUT2D eigenvalue weighted by molar-refractivity contribution is 0.332. The molecule has 1 N–H and O–H groups in total. The van der Waals surface area contributed by atoms with Crippen LogP contribution in [0.2, 0.25) is 0 Å². The van der Waals surface area contributed by atoms with E-state index in [1.54, 1.807) is 12.5 Å². The zero-order valence-corrected chi connectivity index (χ0v) is 5.87. The van der Waals surface area contributed by atoms with Gasteiger partial charge in [0.2, 0.25) is 0 Å². The van der Waals surface area contributed by atoms with Gasteiger partial charge in [0.15, 0.2) is 0 Å². The van der Waals surface area contributed by atoms with Crippen LogP contribution < -0.4 is 0 Å². The second-order valence-electron chi connectivity index (χ2n) is 2.21. The molecule has 0 bridgehead atoms. The minimum absolute atomic E-state index is 0.102. The van der Waals surface area contributed by atoms with Crippen molar-refractivity contribution in [1.82, 2.24) is 0 Å². The Bertz CT molecular complexity index is 209. The fraction of sp³-hybridized carbons (Fsp3) is 0.250. The SMILES string of the molecule is C/C(=C/c1ccoc1)CO. The Hall–Kier alpha value is -1.02. The normalized spacial score (nSPS) is 12.0. The molecule has 2 heteroatoms. The molecule has 1 aromatic rings. The smallest absolute Gasteiger partial charge is 0.0974 e. The van der Waals surface area contributed by atoms with Gasteiger partial charge in [0.05, 0.1) is 19.1 Å². The molecule has 0 fully saturated rings. The Labute approximate surface area is 59.8 Å². The molecule has 0 atom stereocenters. The van der Waals surface area contributed by atoms with E-state index in [2.05, 4.69) is 0 Å². The molecule has 0 saturated carbocycles. The van der Waals surface area contributed by atoms with E-state index < -0.39 is 0 Å². The van der Waals surface area contributed by atoms with Gasteiger partial charge < -0.3 is 9.52 Å². The lowest BCUT2D eigenvalue weighted by Gasteiger charge is -1.89. The molecule has 0 spiro atoms. The maximum absolute atomic E-state index is 8.63. The van der Waals surface area contributed by atoms with Crippen molar-refractivity contribution in [3.63, 3.8) is 0 Å². The summed E-state index contributed by atoms with van der Waals surface area (Å²) >= 11 is 0. The number of furan rings is 1. The van der Waals surface area contributed by atoms with E-state index >= 15 is 0 Å². The van der Waals surface area contributed by atoms with Crippen LogP contribution in [-0.2, 0) is 0 Å². The first kappa shape index (κ1) is 7.09. The average Bonchev–Trinajstić information content (AvgIpc) is 2.40. The van der Waals surface area contributed by atoms with Gasteiger partial charge in [-0.3, -0.25) is 0 Å². The summed E-state index contributed by atoms with van der Waals surface area (Å²) in [7, 11) is 0. The van der Waals surface area contributed by atoms with Gasteiger partial charge in [-0.05, 0) is 18.6 Å². The minimum Gasteiger partial charge on any atom is -0.472 e. The molecule has 1 heterocycles. The van der Waals surface area contributed by atoms with E-state index in [9.17, 15) is 0 Å². The Balaban J connectivity index is 2.71. The number of hydrogen-bond donors (Lipinski definition) is 1. The molecule has 0 saturated heterocycles. The van der Waals surface area contributed by atoms with Crippen LogP contribution in [0.3, 0.4) is 0 Å². The molecule has 0 radical (unpaired) electrons. The van der Waals surface area contributed by atoms with Crippen LogP contribution in [0, 0.1) is 0 Å². The predicted octanol–water partition coefficient (Wildman–Crippen LogP) is 1.68. The van der Waals surface area contributed by atoms with Crippen molar-refractivity contribution in [3.8, 4) is 0 Å². The largest absolute Gasteiger partial charge is 0.472 e. The molecule has 10 heavy (non-hydrogen) atoms. The number of aliphatic hydroxyl groups excluding tert-OH is 1. The molecule has 1 aromatic heterocycles. The van der Waals surface area contributed by atoms with Gasteiger partial charge in [-0.15, -0.1) is 0 Å². The standard InChI is InChI=1S/C8H10O2/c1-7(5-9)4-8-2-3-10-6-8/h2-4,6,9H,5H2,1H3/b7-4-. The Morgan fingerprint density at radius 3 is 3.10 bits per heavy atom. The van der Waals surface area contributed by atoms with Crippen LogP contribution in [0.15, 0.2) is 28.6 Å². The summed E-state index contributed by atoms with van der Waals surface area (Å²) < 4.78 is 4.83. The van der Waals surface area contributed by atoms with Crippen molar-refractivity contribution in [3.05, 3.63) is 29.7 Å². The fourth-order valence-electron chi connectivity index (χ4n) is 0.687. The summed E-state index contributed by atoms with van der Waals surface area (Å²) in [6.45, 7) is 1.97. The van der Waals surface area contributed by atoms with E-state index in [1.807, 2.05) is 19.1 Å². The lowest BCUT2D eigenvalue weighted by Crippen LogP contribution is -1.81. The van der Waals surface area contributed by atoms with Crippen molar-refractivity contribution in [1.29, 1.82) is 0 Å². The van der Waals surface area contributed by atoms with Gasteiger partial charge in [0.1, 0.15) is 0 Å². The maximum atomic E-state index is 8.63. The number of aliphatic hydroxyl groups is 1. The topological polar surface area (TPSA) is 33.4 Å². The van der Waals surface area contributed by atoms with Crippen LogP contribution >= 0.6 is 0 Å². The van der Waals surface area contributed by atoms with E-state index in [-0.39, 0.29) is 6.61 Å². The molecular weight excluding hydrogens is 128 g/mol. The quantitative estimate of drug-likeness (QED) is 0.674. The van der Waals surface area contributed by atoms with Gasteiger partial charge in [-0.1, -0.05) is 6.08 Å². The highest BCUT2D eigenvalue weighted by Crippen LogP contribution is 2.05. The molecule has 1 rings (SSSR count). The molecule has 0 aliphatic rings. The summed E-state index contributed by atoms with van der Waals surface area (Å²) in [5, 5.41) is 8.63. The highest BCUT2D eigenvalue weighted by Gasteiger charge is 1.89. The predicted molar refractivity (Wildman–Crippen MR) is 39.4 cm³/mol. The Kier molecular flexibility index (Phi) is 2.29. The van der Waals surface area contributed by atoms with Gasteiger partial charge >= 0.3 is 0 Å². The van der Waals surface area contributed by atoms with Gasteiger partial charge in [-0.2, -0.15) is 0 Å². The van der Waals surface area contributed by atoms with Crippen molar-refractivity contribution in [2.75, 3.05) is 6.61 Å². The molecule has 0 aliphatic carbocycles. The molecule has 2 nitrogen and oxygen atoms in total. The van der Waals surface area contributed by atoms with E-state index in [0.29, 0.717) is 0 Å². The summed E-state index contributed by atoms with van der Waals surface area (Å²) in [5.41, 5.74) is 1.92. The number of rotatable bonds is 2. The molecular formula is C8H10O2. The summed E-state index contributed by atoms with van der Waals surface area (Å²) in [6.07, 6.45) is 5.12. The third-order valence-corrected chi connectivity index (χ3v) is 1.21. The van der Waals surface area contributed by atoms with Crippen LogP contribution in [-0.4, -0.2) is 11.7 Å². The molecule has 0 aromatic carbocycles. The maximum Gasteiger partial charge on any atom is 0.0974 e. The Morgan fingerprint density at radius 2 is 2.60 bits per heavy atom. The van der Waals surface area contributed by atoms with Gasteiger partial charge in [-0.25, -0.2) is 0 Å². The summed E-state index contributed by atoms with van der Waals surface area (Å²) in [5.74, 6) is 0. The first-order chi connectivity index (χ1) is 4.83. The van der Waals surface area contributed by atoms with Crippen LogP contribution in [0.5, 0.6) is 0 Å². The van der Waals surface area contributed by atoms with Crippen LogP contribution in [0.4, 0.5) is 0 Å². The third kappa shape index (κ3) is 1.74. The van der Waals surface area contributed by atoms with Crippen molar-refractivity contribution >= 4 is 6.08 Å². The minimum atomic E-state index is 0.102. The van der Waals surface area contributed by atoms with Gasteiger partial charge in [0.25, 0.3) is 0 Å². The second kappa shape index (κ2) is 3.22. The molecule has 0 unspecified atom stereocenters.